The van der Waals surface area contributed by atoms with Crippen LogP contribution in [0.4, 0.5) is 0 Å². The average Bonchev–Trinajstić information content (AvgIpc) is 2.95. The van der Waals surface area contributed by atoms with Gasteiger partial charge in [0, 0.05) is 6.54 Å². The summed E-state index contributed by atoms with van der Waals surface area (Å²) in [5, 5.41) is 15.2. The summed E-state index contributed by atoms with van der Waals surface area (Å²) in [4.78, 5) is 2.18. The quantitative estimate of drug-likeness (QED) is 0.928. The van der Waals surface area contributed by atoms with Crippen molar-refractivity contribution in [3.05, 3.63) is 16.4 Å². The van der Waals surface area contributed by atoms with Crippen LogP contribution >= 0.6 is 15.9 Å². The second kappa shape index (κ2) is 5.31. The summed E-state index contributed by atoms with van der Waals surface area (Å²) >= 11 is 3.52. The van der Waals surface area contributed by atoms with E-state index in [9.17, 15) is 5.11 Å². The maximum atomic E-state index is 10.9. The molecule has 1 unspecified atom stereocenters. The molecule has 1 fully saturated rings. The summed E-state index contributed by atoms with van der Waals surface area (Å²) in [5.74, 6) is 0. The van der Waals surface area contributed by atoms with E-state index in [-0.39, 0.29) is 5.54 Å². The number of nitrogens with zero attached hydrogens (tertiary/aromatic N) is 3. The minimum atomic E-state index is -0.494. The molecular formula is C13H22BrN3O. The molecule has 1 aliphatic carbocycles. The Morgan fingerprint density at radius 1 is 1.50 bits per heavy atom. The van der Waals surface area contributed by atoms with Gasteiger partial charge in [0.05, 0.1) is 21.9 Å². The molecule has 0 aromatic carbocycles. The number of aryl methyl sites for hydroxylation is 1. The third-order valence-corrected chi connectivity index (χ3v) is 4.87. The van der Waals surface area contributed by atoms with Gasteiger partial charge in [0.15, 0.2) is 0 Å². The Hall–Kier alpha value is -0.390. The SMILES string of the molecule is CCn1ncc(Br)c1C(O)C1(N(C)C)CCCC1. The van der Waals surface area contributed by atoms with Crippen LogP contribution in [0.15, 0.2) is 10.7 Å². The van der Waals surface area contributed by atoms with Gasteiger partial charge in [-0.25, -0.2) is 0 Å². The fraction of sp³-hybridized carbons (Fsp3) is 0.769. The van der Waals surface area contributed by atoms with Crippen molar-refractivity contribution in [2.24, 2.45) is 0 Å². The number of hydrogen-bond acceptors (Lipinski definition) is 3. The standard InChI is InChI=1S/C13H22BrN3O/c1-4-17-11(10(14)9-15-17)12(18)13(16(2)3)7-5-6-8-13/h9,12,18H,4-8H2,1-3H3. The molecule has 102 valence electrons. The fourth-order valence-electron chi connectivity index (χ4n) is 3.10. The topological polar surface area (TPSA) is 41.3 Å². The largest absolute Gasteiger partial charge is 0.385 e. The smallest absolute Gasteiger partial charge is 0.115 e. The zero-order valence-electron chi connectivity index (χ0n) is 11.4. The van der Waals surface area contributed by atoms with E-state index in [1.807, 2.05) is 11.6 Å². The van der Waals surface area contributed by atoms with Gasteiger partial charge in [-0.1, -0.05) is 12.8 Å². The van der Waals surface area contributed by atoms with E-state index in [0.29, 0.717) is 0 Å². The van der Waals surface area contributed by atoms with Crippen LogP contribution in [0.5, 0.6) is 0 Å². The number of likely N-dealkylation sites (N-methyl/N-ethyl adjacent to an activating group) is 1. The van der Waals surface area contributed by atoms with Gasteiger partial charge >= 0.3 is 0 Å². The Kier molecular flexibility index (Phi) is 4.14. The molecule has 18 heavy (non-hydrogen) atoms. The van der Waals surface area contributed by atoms with E-state index < -0.39 is 6.10 Å². The zero-order chi connectivity index (χ0) is 13.3. The number of aliphatic hydroxyl groups is 1. The normalized spacial score (nSPS) is 20.6. The predicted octanol–water partition coefficient (Wildman–Crippen LogP) is 2.57. The van der Waals surface area contributed by atoms with Gasteiger partial charge in [-0.3, -0.25) is 4.68 Å². The van der Waals surface area contributed by atoms with Crippen LogP contribution in [-0.2, 0) is 6.54 Å². The number of halogens is 1. The van der Waals surface area contributed by atoms with Crippen LogP contribution in [-0.4, -0.2) is 39.4 Å². The highest BCUT2D eigenvalue weighted by atomic mass is 79.9. The van der Waals surface area contributed by atoms with Crippen molar-refractivity contribution in [1.82, 2.24) is 14.7 Å². The summed E-state index contributed by atoms with van der Waals surface area (Å²) in [6.45, 7) is 2.83. The molecule has 0 aliphatic heterocycles. The zero-order valence-corrected chi connectivity index (χ0v) is 12.9. The van der Waals surface area contributed by atoms with Gasteiger partial charge in [0.2, 0.25) is 0 Å². The molecule has 2 rings (SSSR count). The highest BCUT2D eigenvalue weighted by Crippen LogP contribution is 2.44. The summed E-state index contributed by atoms with van der Waals surface area (Å²) in [7, 11) is 4.13. The highest BCUT2D eigenvalue weighted by Gasteiger charge is 2.45. The van der Waals surface area contributed by atoms with E-state index in [1.54, 1.807) is 6.20 Å². The first-order chi connectivity index (χ1) is 8.53. The summed E-state index contributed by atoms with van der Waals surface area (Å²) in [5.41, 5.74) is 0.767. The van der Waals surface area contributed by atoms with Crippen molar-refractivity contribution in [3.8, 4) is 0 Å². The molecule has 1 saturated carbocycles. The van der Waals surface area contributed by atoms with E-state index in [4.69, 9.17) is 0 Å². The monoisotopic (exact) mass is 315 g/mol. The van der Waals surface area contributed by atoms with E-state index in [0.717, 1.165) is 29.6 Å². The molecule has 0 bridgehead atoms. The Bertz CT molecular complexity index is 410. The predicted molar refractivity (Wildman–Crippen MR) is 75.4 cm³/mol. The minimum absolute atomic E-state index is 0.143. The lowest BCUT2D eigenvalue weighted by atomic mass is 9.87. The molecule has 5 heteroatoms. The first-order valence-corrected chi connectivity index (χ1v) is 7.39. The van der Waals surface area contributed by atoms with Crippen molar-refractivity contribution in [3.63, 3.8) is 0 Å². The van der Waals surface area contributed by atoms with Crippen LogP contribution in [0.3, 0.4) is 0 Å². The molecule has 0 radical (unpaired) electrons. The Balaban J connectivity index is 2.39. The number of hydrogen-bond donors (Lipinski definition) is 1. The third kappa shape index (κ3) is 2.12. The van der Waals surface area contributed by atoms with Crippen LogP contribution in [0.2, 0.25) is 0 Å². The van der Waals surface area contributed by atoms with E-state index in [2.05, 4.69) is 40.0 Å². The first kappa shape index (κ1) is 14.0. The van der Waals surface area contributed by atoms with Gasteiger partial charge in [-0.2, -0.15) is 5.10 Å². The maximum absolute atomic E-state index is 10.9. The molecular weight excluding hydrogens is 294 g/mol. The minimum Gasteiger partial charge on any atom is -0.385 e. The van der Waals surface area contributed by atoms with Gasteiger partial charge in [0.1, 0.15) is 6.10 Å². The van der Waals surface area contributed by atoms with Crippen LogP contribution in [0.25, 0.3) is 0 Å². The molecule has 1 atom stereocenters. The van der Waals surface area contributed by atoms with Crippen molar-refractivity contribution in [2.75, 3.05) is 14.1 Å². The van der Waals surface area contributed by atoms with Gasteiger partial charge in [-0.05, 0) is 49.8 Å². The molecule has 0 amide bonds. The lowest BCUT2D eigenvalue weighted by Crippen LogP contribution is -2.47. The van der Waals surface area contributed by atoms with Gasteiger partial charge in [0.25, 0.3) is 0 Å². The van der Waals surface area contributed by atoms with Crippen molar-refractivity contribution >= 4 is 15.9 Å². The van der Waals surface area contributed by atoms with Crippen molar-refractivity contribution in [2.45, 2.75) is 50.8 Å². The second-order valence-corrected chi connectivity index (χ2v) is 6.16. The number of aromatic nitrogens is 2. The average molecular weight is 316 g/mol. The van der Waals surface area contributed by atoms with E-state index >= 15 is 0 Å². The lowest BCUT2D eigenvalue weighted by Gasteiger charge is -2.40. The fourth-order valence-corrected chi connectivity index (χ4v) is 3.62. The lowest BCUT2D eigenvalue weighted by molar-refractivity contribution is -0.0103. The molecule has 1 aromatic heterocycles. The van der Waals surface area contributed by atoms with Gasteiger partial charge in [-0.15, -0.1) is 0 Å². The van der Waals surface area contributed by atoms with Crippen LogP contribution < -0.4 is 0 Å². The van der Waals surface area contributed by atoms with Crippen molar-refractivity contribution < 1.29 is 5.11 Å². The number of aliphatic hydroxyl groups excluding tert-OH is 1. The Labute approximate surface area is 117 Å². The van der Waals surface area contributed by atoms with Crippen LogP contribution in [0, 0.1) is 0 Å². The molecule has 0 saturated heterocycles. The van der Waals surface area contributed by atoms with Gasteiger partial charge < -0.3 is 10.0 Å². The highest BCUT2D eigenvalue weighted by molar-refractivity contribution is 9.10. The molecule has 1 N–H and O–H groups in total. The van der Waals surface area contributed by atoms with E-state index in [1.165, 1.54) is 12.8 Å². The third-order valence-electron chi connectivity index (χ3n) is 4.26. The van der Waals surface area contributed by atoms with Crippen LogP contribution in [0.1, 0.15) is 44.4 Å². The molecule has 1 aromatic rings. The maximum Gasteiger partial charge on any atom is 0.115 e. The first-order valence-electron chi connectivity index (χ1n) is 6.59. The Morgan fingerprint density at radius 3 is 2.61 bits per heavy atom. The molecule has 4 nitrogen and oxygen atoms in total. The molecule has 1 aliphatic rings. The molecule has 0 spiro atoms. The number of rotatable bonds is 4. The Morgan fingerprint density at radius 2 is 2.11 bits per heavy atom. The second-order valence-electron chi connectivity index (χ2n) is 5.30. The van der Waals surface area contributed by atoms with Crippen molar-refractivity contribution in [1.29, 1.82) is 0 Å². The molecule has 1 heterocycles. The summed E-state index contributed by atoms with van der Waals surface area (Å²) in [6.07, 6.45) is 5.75. The summed E-state index contributed by atoms with van der Waals surface area (Å²) < 4.78 is 2.79. The summed E-state index contributed by atoms with van der Waals surface area (Å²) in [6, 6.07) is 0.